The fourth-order valence-electron chi connectivity index (χ4n) is 5.72. The van der Waals surface area contributed by atoms with Crippen LogP contribution in [0.25, 0.3) is 21.5 Å². The van der Waals surface area contributed by atoms with Crippen LogP contribution in [0.15, 0.2) is 54.6 Å². The molecule has 8 nitrogen and oxygen atoms in total. The quantitative estimate of drug-likeness (QED) is 0.193. The van der Waals surface area contributed by atoms with Crippen LogP contribution in [0.5, 0.6) is 5.75 Å². The number of carbonyl (C=O) groups excluding carboxylic acids is 1. The van der Waals surface area contributed by atoms with Crippen molar-refractivity contribution in [1.29, 1.82) is 0 Å². The zero-order chi connectivity index (χ0) is 29.9. The number of benzene rings is 3. The number of nitrogens with zero attached hydrogens (tertiary/aromatic N) is 4. The monoisotopic (exact) mass is 588 g/mol. The molecule has 216 valence electrons. The smallest absolute Gasteiger partial charge is 0.325 e. The topological polar surface area (TPSA) is 95.3 Å². The number of anilines is 4. The van der Waals surface area contributed by atoms with Crippen molar-refractivity contribution in [2.24, 2.45) is 0 Å². The number of halogens is 2. The van der Waals surface area contributed by atoms with E-state index in [-0.39, 0.29) is 17.6 Å². The molecule has 0 radical (unpaired) electrons. The van der Waals surface area contributed by atoms with Gasteiger partial charge in [-0.15, -0.1) is 0 Å². The molecule has 5 aromatic rings. The average molecular weight is 589 g/mol. The van der Waals surface area contributed by atoms with Crippen LogP contribution in [0.4, 0.5) is 35.8 Å². The molecule has 3 heterocycles. The van der Waals surface area contributed by atoms with Gasteiger partial charge in [-0.05, 0) is 62.7 Å². The lowest BCUT2D eigenvalue weighted by molar-refractivity contribution is 0.262. The summed E-state index contributed by atoms with van der Waals surface area (Å²) in [5.74, 6) is -1.12. The van der Waals surface area contributed by atoms with Crippen LogP contribution in [0.2, 0.25) is 0 Å². The maximum Gasteiger partial charge on any atom is 0.325 e. The van der Waals surface area contributed by atoms with Crippen LogP contribution in [-0.4, -0.2) is 32.4 Å². The first kappa shape index (κ1) is 27.6. The molecule has 0 saturated heterocycles. The highest BCUT2D eigenvalue weighted by molar-refractivity contribution is 7.22. The molecule has 0 fully saturated rings. The predicted octanol–water partition coefficient (Wildman–Crippen LogP) is 8.11. The van der Waals surface area contributed by atoms with Crippen molar-refractivity contribution in [2.75, 3.05) is 22.1 Å². The molecule has 0 atom stereocenters. The fraction of sp³-hybridized carbons (Fsp3) is 0.258. The van der Waals surface area contributed by atoms with E-state index in [1.54, 1.807) is 18.2 Å². The van der Waals surface area contributed by atoms with E-state index in [1.165, 1.54) is 23.5 Å². The van der Waals surface area contributed by atoms with E-state index in [1.807, 2.05) is 62.4 Å². The van der Waals surface area contributed by atoms with Crippen LogP contribution in [0.3, 0.4) is 0 Å². The van der Waals surface area contributed by atoms with Gasteiger partial charge in [-0.3, -0.25) is 10.00 Å². The number of hydrogen-bond acceptors (Lipinski definition) is 6. The van der Waals surface area contributed by atoms with Crippen LogP contribution in [0, 0.1) is 18.6 Å². The van der Waals surface area contributed by atoms with Gasteiger partial charge >= 0.3 is 6.03 Å². The summed E-state index contributed by atoms with van der Waals surface area (Å²) in [5, 5.41) is 21.8. The third kappa shape index (κ3) is 4.73. The zero-order valence-corrected chi connectivity index (χ0v) is 24.6. The van der Waals surface area contributed by atoms with Gasteiger partial charge in [0.05, 0.1) is 33.0 Å². The van der Waals surface area contributed by atoms with Crippen molar-refractivity contribution in [1.82, 2.24) is 14.8 Å². The Morgan fingerprint density at radius 2 is 1.86 bits per heavy atom. The van der Waals surface area contributed by atoms with Gasteiger partial charge in [-0.1, -0.05) is 37.3 Å². The number of fused-ring (bicyclic) bond motifs is 2. The number of aromatic nitrogens is 3. The Balaban J connectivity index is 1.37. The van der Waals surface area contributed by atoms with Crippen molar-refractivity contribution >= 4 is 49.8 Å². The Hall–Kier alpha value is -4.51. The molecule has 42 heavy (non-hydrogen) atoms. The highest BCUT2D eigenvalue weighted by atomic mass is 32.1. The highest BCUT2D eigenvalue weighted by Gasteiger charge is 2.42. The lowest BCUT2D eigenvalue weighted by Gasteiger charge is -2.25. The maximum absolute atomic E-state index is 15.6. The van der Waals surface area contributed by atoms with Gasteiger partial charge in [-0.2, -0.15) is 5.10 Å². The summed E-state index contributed by atoms with van der Waals surface area (Å²) in [4.78, 5) is 19.3. The maximum atomic E-state index is 15.6. The lowest BCUT2D eigenvalue weighted by Crippen LogP contribution is -2.27. The van der Waals surface area contributed by atoms with Gasteiger partial charge in [0.2, 0.25) is 0 Å². The summed E-state index contributed by atoms with van der Waals surface area (Å²) in [6, 6.07) is 14.0. The third-order valence-electron chi connectivity index (χ3n) is 7.41. The molecule has 1 aliphatic heterocycles. The Morgan fingerprint density at radius 3 is 2.60 bits per heavy atom. The molecule has 2 aromatic heterocycles. The Kier molecular flexibility index (Phi) is 6.64. The van der Waals surface area contributed by atoms with Crippen molar-refractivity contribution in [3.05, 3.63) is 77.5 Å². The molecular formula is C31H30F2N6O2S. The number of amides is 2. The van der Waals surface area contributed by atoms with Crippen LogP contribution >= 0.6 is 11.3 Å². The summed E-state index contributed by atoms with van der Waals surface area (Å²) >= 11 is 1.17. The minimum Gasteiger partial charge on any atom is -0.506 e. The predicted molar refractivity (Wildman–Crippen MR) is 163 cm³/mol. The van der Waals surface area contributed by atoms with Crippen LogP contribution in [0.1, 0.15) is 45.0 Å². The Morgan fingerprint density at radius 1 is 1.10 bits per heavy atom. The number of aromatic hydroxyl groups is 1. The Labute approximate surface area is 245 Å². The van der Waals surface area contributed by atoms with Crippen molar-refractivity contribution in [3.63, 3.8) is 0 Å². The number of rotatable bonds is 5. The lowest BCUT2D eigenvalue weighted by atomic mass is 9.82. The van der Waals surface area contributed by atoms with Crippen LogP contribution in [-0.2, 0) is 5.41 Å². The molecule has 0 aliphatic carbocycles. The van der Waals surface area contributed by atoms with E-state index in [2.05, 4.69) is 15.6 Å². The van der Waals surface area contributed by atoms with Gasteiger partial charge < -0.3 is 15.3 Å². The first-order chi connectivity index (χ1) is 19.9. The summed E-state index contributed by atoms with van der Waals surface area (Å²) in [5.41, 5.74) is 4.00. The molecular weight excluding hydrogens is 558 g/mol. The van der Waals surface area contributed by atoms with Crippen molar-refractivity contribution in [3.8, 4) is 17.0 Å². The first-order valence-corrected chi connectivity index (χ1v) is 14.4. The second kappa shape index (κ2) is 10.1. The average Bonchev–Trinajstić information content (AvgIpc) is 3.57. The second-order valence-corrected chi connectivity index (χ2v) is 12.4. The van der Waals surface area contributed by atoms with E-state index < -0.39 is 17.3 Å². The van der Waals surface area contributed by atoms with Crippen molar-refractivity contribution in [2.45, 2.75) is 46.1 Å². The number of nitrogens with one attached hydrogen (secondary N) is 2. The van der Waals surface area contributed by atoms with Gasteiger partial charge in [0, 0.05) is 35.3 Å². The van der Waals surface area contributed by atoms with Gasteiger partial charge in [0.15, 0.2) is 5.13 Å². The molecule has 0 saturated carbocycles. The second-order valence-electron chi connectivity index (χ2n) is 11.4. The summed E-state index contributed by atoms with van der Waals surface area (Å²) in [7, 11) is 0. The first-order valence-electron chi connectivity index (χ1n) is 13.6. The van der Waals surface area contributed by atoms with Crippen LogP contribution < -0.4 is 15.5 Å². The zero-order valence-electron chi connectivity index (χ0n) is 23.8. The van der Waals surface area contributed by atoms with Gasteiger partial charge in [0.1, 0.15) is 17.4 Å². The van der Waals surface area contributed by atoms with E-state index in [0.29, 0.717) is 55.8 Å². The van der Waals surface area contributed by atoms with E-state index in [4.69, 9.17) is 5.10 Å². The molecule has 0 bridgehead atoms. The minimum atomic E-state index is -0.578. The van der Waals surface area contributed by atoms with E-state index in [9.17, 15) is 14.3 Å². The standard InChI is InChI=1S/C31H30F2N6O2S/c1-16(2)39-17(3)12-22(37-39)26-19(33)14-24(40)28-27(26)31(4,5)15-38(28)23-9-7-6-8-20(23)34-29(41)36-30-35-21-11-10-18(32)13-25(21)42-30/h6-14,16,40H,15H2,1-5H3,(H2,34,35,36,41). The molecule has 3 N–H and O–H groups in total. The molecule has 1 aliphatic rings. The number of carbonyl (C=O) groups is 1. The number of thiazole rings is 1. The summed E-state index contributed by atoms with van der Waals surface area (Å²) in [6.07, 6.45) is 0. The highest BCUT2D eigenvalue weighted by Crippen LogP contribution is 2.54. The minimum absolute atomic E-state index is 0.101. The SMILES string of the molecule is Cc1cc(-c2c(F)cc(O)c3c2C(C)(C)CN3c2ccccc2NC(=O)Nc2nc3ccc(F)cc3s2)nn1C(C)C. The molecule has 3 aromatic carbocycles. The molecule has 11 heteroatoms. The normalized spacial score (nSPS) is 14.0. The molecule has 6 rings (SSSR count). The number of para-hydroxylation sites is 2. The largest absolute Gasteiger partial charge is 0.506 e. The van der Waals surface area contributed by atoms with Gasteiger partial charge in [0.25, 0.3) is 0 Å². The number of aryl methyl sites for hydroxylation is 1. The fourth-order valence-corrected chi connectivity index (χ4v) is 6.60. The number of phenolic OH excluding ortho intramolecular Hbond substituents is 1. The van der Waals surface area contributed by atoms with Crippen molar-refractivity contribution < 1.29 is 18.7 Å². The van der Waals surface area contributed by atoms with Gasteiger partial charge in [-0.25, -0.2) is 18.6 Å². The summed E-state index contributed by atoms with van der Waals surface area (Å²) in [6.45, 7) is 10.4. The summed E-state index contributed by atoms with van der Waals surface area (Å²) < 4.78 is 31.7. The molecule has 2 amide bonds. The number of hydrogen-bond donors (Lipinski definition) is 3. The van der Waals surface area contributed by atoms with E-state index >= 15 is 4.39 Å². The molecule has 0 unspecified atom stereocenters. The third-order valence-corrected chi connectivity index (χ3v) is 8.35. The Bertz CT molecular complexity index is 1860. The number of urea groups is 1. The molecule has 0 spiro atoms. The number of phenols is 1. The van der Waals surface area contributed by atoms with E-state index in [0.717, 1.165) is 11.8 Å².